The number of hydrogen-bond acceptors (Lipinski definition) is 6. The van der Waals surface area contributed by atoms with Gasteiger partial charge in [-0.25, -0.2) is 9.78 Å². The smallest absolute Gasteiger partial charge is 0.421 e. The van der Waals surface area contributed by atoms with Gasteiger partial charge in [0.2, 0.25) is 11.9 Å². The molecule has 2 atom stereocenters. The van der Waals surface area contributed by atoms with Crippen LogP contribution in [0.2, 0.25) is 0 Å². The highest BCUT2D eigenvalue weighted by atomic mass is 19.4. The van der Waals surface area contributed by atoms with Crippen LogP contribution < -0.4 is 16.0 Å². The average Bonchev–Trinajstić information content (AvgIpc) is 2.64. The Labute approximate surface area is 176 Å². The Morgan fingerprint density at radius 3 is 2.35 bits per heavy atom. The summed E-state index contributed by atoms with van der Waals surface area (Å²) in [6.07, 6.45) is -2.89. The van der Waals surface area contributed by atoms with Crippen LogP contribution in [0.1, 0.15) is 42.6 Å². The van der Waals surface area contributed by atoms with Crippen molar-refractivity contribution in [2.24, 2.45) is 5.92 Å². The molecule has 1 aliphatic carbocycles. The molecule has 2 aromatic rings. The standard InChI is InChI=1S/C20H22F3N5O3/c1-10(2)25-17(29)13-7-8-15(13)27-16-14(20(21,22)23)9-24-19(28-16)26-12-5-3-11(4-6-12)18(30)31/h3-6,9-10,13,15H,7-8H2,1-2H3,(H,25,29)(H,30,31)(H2,24,26,27,28)/t13-,15+/m0/s1. The Bertz CT molecular complexity index is 964. The molecule has 0 aliphatic heterocycles. The Morgan fingerprint density at radius 2 is 1.84 bits per heavy atom. The largest absolute Gasteiger partial charge is 0.478 e. The molecule has 1 aromatic heterocycles. The summed E-state index contributed by atoms with van der Waals surface area (Å²) in [6, 6.07) is 5.06. The first kappa shape index (κ1) is 22.3. The molecule has 0 spiro atoms. The number of carbonyl (C=O) groups excluding carboxylic acids is 1. The summed E-state index contributed by atoms with van der Waals surface area (Å²) in [5.41, 5.74) is -0.556. The molecule has 31 heavy (non-hydrogen) atoms. The fourth-order valence-corrected chi connectivity index (χ4v) is 3.14. The highest BCUT2D eigenvalue weighted by molar-refractivity contribution is 5.88. The van der Waals surface area contributed by atoms with Gasteiger partial charge in [0.15, 0.2) is 0 Å². The fraction of sp³-hybridized carbons (Fsp3) is 0.400. The summed E-state index contributed by atoms with van der Waals surface area (Å²) in [4.78, 5) is 30.9. The van der Waals surface area contributed by atoms with Gasteiger partial charge in [-0.2, -0.15) is 18.2 Å². The van der Waals surface area contributed by atoms with E-state index in [2.05, 4.69) is 25.9 Å². The van der Waals surface area contributed by atoms with E-state index in [-0.39, 0.29) is 23.5 Å². The number of aromatic nitrogens is 2. The molecule has 3 rings (SSSR count). The molecular weight excluding hydrogens is 415 g/mol. The number of nitrogens with zero attached hydrogens (tertiary/aromatic N) is 2. The lowest BCUT2D eigenvalue weighted by Crippen LogP contribution is -2.49. The zero-order valence-corrected chi connectivity index (χ0v) is 16.8. The maximum absolute atomic E-state index is 13.5. The second-order valence-electron chi connectivity index (χ2n) is 7.56. The lowest BCUT2D eigenvalue weighted by Gasteiger charge is -2.37. The number of halogens is 3. The molecule has 1 fully saturated rings. The fourth-order valence-electron chi connectivity index (χ4n) is 3.14. The molecule has 1 saturated carbocycles. The second-order valence-corrected chi connectivity index (χ2v) is 7.56. The molecule has 1 heterocycles. The van der Waals surface area contributed by atoms with E-state index >= 15 is 0 Å². The number of carbonyl (C=O) groups is 2. The van der Waals surface area contributed by atoms with E-state index in [4.69, 9.17) is 5.11 Å². The van der Waals surface area contributed by atoms with Gasteiger partial charge in [-0.05, 0) is 51.0 Å². The molecule has 0 unspecified atom stereocenters. The van der Waals surface area contributed by atoms with E-state index in [1.54, 1.807) is 0 Å². The van der Waals surface area contributed by atoms with E-state index in [9.17, 15) is 22.8 Å². The molecule has 0 radical (unpaired) electrons. The van der Waals surface area contributed by atoms with Gasteiger partial charge in [0.05, 0.1) is 11.5 Å². The predicted molar refractivity (Wildman–Crippen MR) is 107 cm³/mol. The molecule has 1 aromatic carbocycles. The minimum absolute atomic E-state index is 0.0666. The maximum Gasteiger partial charge on any atom is 0.421 e. The molecule has 1 amide bonds. The zero-order valence-electron chi connectivity index (χ0n) is 16.8. The molecule has 11 heteroatoms. The quantitative estimate of drug-likeness (QED) is 0.522. The first-order valence-electron chi connectivity index (χ1n) is 9.66. The van der Waals surface area contributed by atoms with Crippen LogP contribution in [-0.2, 0) is 11.0 Å². The Hall–Kier alpha value is -3.37. The predicted octanol–water partition coefficient (Wildman–Crippen LogP) is 3.65. The molecule has 0 bridgehead atoms. The van der Waals surface area contributed by atoms with Gasteiger partial charge < -0.3 is 21.1 Å². The number of nitrogens with one attached hydrogen (secondary N) is 3. The van der Waals surface area contributed by atoms with Crippen molar-refractivity contribution in [1.82, 2.24) is 15.3 Å². The molecule has 0 saturated heterocycles. The van der Waals surface area contributed by atoms with Crippen LogP contribution in [0, 0.1) is 5.92 Å². The lowest BCUT2D eigenvalue weighted by molar-refractivity contribution is -0.137. The number of amides is 1. The first-order valence-corrected chi connectivity index (χ1v) is 9.66. The number of carboxylic acid groups (broad SMARTS) is 1. The number of carboxylic acids is 1. The van der Waals surface area contributed by atoms with Crippen LogP contribution >= 0.6 is 0 Å². The van der Waals surface area contributed by atoms with Crippen molar-refractivity contribution in [2.45, 2.75) is 44.9 Å². The first-order chi connectivity index (χ1) is 14.5. The van der Waals surface area contributed by atoms with Crippen molar-refractivity contribution in [2.75, 3.05) is 10.6 Å². The monoisotopic (exact) mass is 437 g/mol. The highest BCUT2D eigenvalue weighted by Gasteiger charge is 2.40. The van der Waals surface area contributed by atoms with Crippen molar-refractivity contribution in [3.05, 3.63) is 41.6 Å². The van der Waals surface area contributed by atoms with Crippen LogP contribution in [0.4, 0.5) is 30.6 Å². The van der Waals surface area contributed by atoms with Crippen LogP contribution in [0.3, 0.4) is 0 Å². The van der Waals surface area contributed by atoms with Crippen molar-refractivity contribution in [3.8, 4) is 0 Å². The third-order valence-corrected chi connectivity index (χ3v) is 4.85. The van der Waals surface area contributed by atoms with E-state index in [1.807, 2.05) is 13.8 Å². The van der Waals surface area contributed by atoms with Gasteiger partial charge in [0.25, 0.3) is 0 Å². The SMILES string of the molecule is CC(C)NC(=O)[C@H]1CC[C@H]1Nc1nc(Nc2ccc(C(=O)O)cc2)ncc1C(F)(F)F. The third-order valence-electron chi connectivity index (χ3n) is 4.85. The van der Waals surface area contributed by atoms with Crippen molar-refractivity contribution in [3.63, 3.8) is 0 Å². The molecule has 166 valence electrons. The summed E-state index contributed by atoms with van der Waals surface area (Å²) in [7, 11) is 0. The summed E-state index contributed by atoms with van der Waals surface area (Å²) >= 11 is 0. The van der Waals surface area contributed by atoms with E-state index < -0.39 is 35.5 Å². The van der Waals surface area contributed by atoms with Crippen LogP contribution in [-0.4, -0.2) is 39.0 Å². The van der Waals surface area contributed by atoms with E-state index in [1.165, 1.54) is 24.3 Å². The number of hydrogen-bond donors (Lipinski definition) is 4. The minimum atomic E-state index is -4.68. The number of benzene rings is 1. The van der Waals surface area contributed by atoms with Gasteiger partial charge in [0.1, 0.15) is 11.4 Å². The number of anilines is 3. The second kappa shape index (κ2) is 8.78. The number of aromatic carboxylic acids is 1. The van der Waals surface area contributed by atoms with E-state index in [0.29, 0.717) is 24.7 Å². The van der Waals surface area contributed by atoms with E-state index in [0.717, 1.165) is 0 Å². The zero-order chi connectivity index (χ0) is 22.8. The van der Waals surface area contributed by atoms with Crippen molar-refractivity contribution < 1.29 is 27.9 Å². The summed E-state index contributed by atoms with van der Waals surface area (Å²) in [5.74, 6) is -2.27. The number of alkyl halides is 3. The molecular formula is C20H22F3N5O3. The van der Waals surface area contributed by atoms with Gasteiger partial charge in [-0.3, -0.25) is 4.79 Å². The van der Waals surface area contributed by atoms with Crippen LogP contribution in [0.5, 0.6) is 0 Å². The average molecular weight is 437 g/mol. The Kier molecular flexibility index (Phi) is 6.32. The lowest BCUT2D eigenvalue weighted by atomic mass is 9.78. The molecule has 4 N–H and O–H groups in total. The topological polar surface area (TPSA) is 116 Å². The van der Waals surface area contributed by atoms with Gasteiger partial charge >= 0.3 is 12.1 Å². The van der Waals surface area contributed by atoms with Crippen molar-refractivity contribution >= 4 is 29.3 Å². The van der Waals surface area contributed by atoms with Crippen LogP contribution in [0.25, 0.3) is 0 Å². The normalized spacial score (nSPS) is 18.3. The minimum Gasteiger partial charge on any atom is -0.478 e. The van der Waals surface area contributed by atoms with Crippen molar-refractivity contribution in [1.29, 1.82) is 0 Å². The third kappa shape index (κ3) is 5.41. The van der Waals surface area contributed by atoms with Crippen LogP contribution in [0.15, 0.2) is 30.5 Å². The Morgan fingerprint density at radius 1 is 1.16 bits per heavy atom. The van der Waals surface area contributed by atoms with Gasteiger partial charge in [0, 0.05) is 24.0 Å². The van der Waals surface area contributed by atoms with Gasteiger partial charge in [-0.15, -0.1) is 0 Å². The number of rotatable bonds is 7. The summed E-state index contributed by atoms with van der Waals surface area (Å²) < 4.78 is 40.4. The molecule has 1 aliphatic rings. The maximum atomic E-state index is 13.5. The molecule has 8 nitrogen and oxygen atoms in total. The van der Waals surface area contributed by atoms with Gasteiger partial charge in [-0.1, -0.05) is 0 Å². The summed E-state index contributed by atoms with van der Waals surface area (Å²) in [5, 5.41) is 17.2. The summed E-state index contributed by atoms with van der Waals surface area (Å²) in [6.45, 7) is 3.62. The Balaban J connectivity index is 1.81. The highest BCUT2D eigenvalue weighted by Crippen LogP contribution is 2.37.